The van der Waals surface area contributed by atoms with Crippen LogP contribution in [0.1, 0.15) is 83.5 Å². The first-order chi connectivity index (χ1) is 32.1. The Hall–Kier alpha value is -7.28. The molecule has 6 atom stereocenters. The molecule has 3 aliphatic carbocycles. The first kappa shape index (κ1) is 38.2. The Balaban J connectivity index is 1.05. The zero-order valence-corrected chi connectivity index (χ0v) is 36.3. The molecule has 5 unspecified atom stereocenters. The molecule has 0 spiro atoms. The van der Waals surface area contributed by atoms with E-state index in [-0.39, 0.29) is 35.9 Å². The zero-order chi connectivity index (χ0) is 43.2. The van der Waals surface area contributed by atoms with E-state index in [2.05, 4.69) is 187 Å². The highest BCUT2D eigenvalue weighted by Gasteiger charge is 2.51. The van der Waals surface area contributed by atoms with Crippen LogP contribution >= 0.6 is 0 Å². The number of hydrogen-bond acceptors (Lipinski definition) is 4. The van der Waals surface area contributed by atoms with Gasteiger partial charge in [0.05, 0.1) is 39.7 Å². The molecular formula is C59H48N4O2. The van der Waals surface area contributed by atoms with E-state index in [9.17, 15) is 0 Å². The highest BCUT2D eigenvalue weighted by atomic mass is 16.5. The lowest BCUT2D eigenvalue weighted by atomic mass is 9.69. The van der Waals surface area contributed by atoms with Crippen LogP contribution in [0.25, 0.3) is 61.6 Å². The van der Waals surface area contributed by atoms with Gasteiger partial charge in [0.2, 0.25) is 5.95 Å². The van der Waals surface area contributed by atoms with Crippen molar-refractivity contribution in [2.24, 2.45) is 11.8 Å². The molecule has 1 saturated heterocycles. The van der Waals surface area contributed by atoms with Crippen molar-refractivity contribution < 1.29 is 9.47 Å². The number of fused-ring (bicyclic) bond motifs is 12. The van der Waals surface area contributed by atoms with Crippen LogP contribution in [0.15, 0.2) is 177 Å². The van der Waals surface area contributed by atoms with Crippen molar-refractivity contribution in [1.29, 1.82) is 0 Å². The van der Waals surface area contributed by atoms with E-state index in [1.165, 1.54) is 49.6 Å². The van der Waals surface area contributed by atoms with Crippen LogP contribution in [0.2, 0.25) is 0 Å². The minimum atomic E-state index is -0.151. The third-order valence-electron chi connectivity index (χ3n) is 14.6. The van der Waals surface area contributed by atoms with Gasteiger partial charge < -0.3 is 14.0 Å². The number of nitrogens with zero attached hydrogens (tertiary/aromatic N) is 4. The second-order valence-electron chi connectivity index (χ2n) is 18.3. The van der Waals surface area contributed by atoms with E-state index < -0.39 is 0 Å². The molecule has 0 bridgehead atoms. The third-order valence-corrected chi connectivity index (χ3v) is 14.6. The van der Waals surface area contributed by atoms with Crippen LogP contribution in [0, 0.1) is 11.8 Å². The maximum atomic E-state index is 7.26. The molecule has 0 saturated carbocycles. The average Bonchev–Trinajstić information content (AvgIpc) is 4.12. The molecule has 0 N–H and O–H groups in total. The summed E-state index contributed by atoms with van der Waals surface area (Å²) >= 11 is 0. The van der Waals surface area contributed by atoms with Crippen LogP contribution in [0.5, 0.6) is 5.75 Å². The van der Waals surface area contributed by atoms with Crippen molar-refractivity contribution in [2.75, 3.05) is 6.61 Å². The Labute approximate surface area is 378 Å². The van der Waals surface area contributed by atoms with Crippen LogP contribution in [0.4, 0.5) is 0 Å². The van der Waals surface area contributed by atoms with E-state index in [0.717, 1.165) is 57.9 Å². The van der Waals surface area contributed by atoms with Crippen molar-refractivity contribution >= 4 is 49.9 Å². The minimum absolute atomic E-state index is 0.000224. The minimum Gasteiger partial charge on any atom is -0.488 e. The number of aromatic nitrogens is 4. The summed E-state index contributed by atoms with van der Waals surface area (Å²) in [5.41, 5.74) is 14.9. The van der Waals surface area contributed by atoms with Gasteiger partial charge in [-0.25, -0.2) is 9.97 Å². The van der Waals surface area contributed by atoms with Crippen molar-refractivity contribution in [3.8, 4) is 17.4 Å². The van der Waals surface area contributed by atoms with Gasteiger partial charge in [-0.1, -0.05) is 128 Å². The zero-order valence-electron chi connectivity index (χ0n) is 36.3. The van der Waals surface area contributed by atoms with Crippen molar-refractivity contribution in [1.82, 2.24) is 19.1 Å². The van der Waals surface area contributed by atoms with Gasteiger partial charge in [0.15, 0.2) is 0 Å². The van der Waals surface area contributed by atoms with Gasteiger partial charge in [-0.2, -0.15) is 0 Å². The van der Waals surface area contributed by atoms with E-state index in [1.54, 1.807) is 0 Å². The number of hydrogen-bond donors (Lipinski definition) is 0. The number of para-hydroxylation sites is 4. The maximum absolute atomic E-state index is 7.26. The summed E-state index contributed by atoms with van der Waals surface area (Å²) in [5.74, 6) is 2.44. The molecule has 5 aromatic carbocycles. The summed E-state index contributed by atoms with van der Waals surface area (Å²) in [6.07, 6.45) is 22.4. The van der Waals surface area contributed by atoms with E-state index in [4.69, 9.17) is 19.4 Å². The summed E-state index contributed by atoms with van der Waals surface area (Å²) in [6, 6.07) is 44.0. The summed E-state index contributed by atoms with van der Waals surface area (Å²) in [6.45, 7) is 6.93. The lowest BCUT2D eigenvalue weighted by molar-refractivity contribution is 0.0442. The SMILES string of the molecule is C=CC/C=C(\C=C1/COc2ccccc21)c1nc(-n2c3c(c4ccccc42)[C@H](c2ccc4c(c2)c2ccccc2n4-c2ccccc2)CC2C3OC3C=CC=CC32)nc2c1C(C)CC=C2. The van der Waals surface area contributed by atoms with E-state index >= 15 is 0 Å². The Morgan fingerprint density at radius 2 is 1.55 bits per heavy atom. The lowest BCUT2D eigenvalue weighted by Crippen LogP contribution is -2.27. The van der Waals surface area contributed by atoms with Gasteiger partial charge in [-0.15, -0.1) is 6.58 Å². The van der Waals surface area contributed by atoms with Gasteiger partial charge in [-0.3, -0.25) is 4.57 Å². The van der Waals surface area contributed by atoms with Crippen LogP contribution < -0.4 is 4.74 Å². The standard InChI is InChI=1S/C59H48N4O2/c1-3-4-18-38(32-39-35-64-52-28-14-10-21-41(39)52)56-54-36(2)17-16-25-48(54)60-59(61-56)63-50-27-13-9-24-44(50)55-45(34-47-43-23-11-15-29-53(43)65-58(47)57(55)63)37-30-31-51-46(33-37)42-22-8-12-26-49(42)62(51)40-19-6-5-7-20-40/h3,5-16,18-33,36,43,45,47,53,58H,1,4,17,34-35H2,2H3/b38-18+,39-32+/t36?,43?,45-,47?,53?,58?/m0/s1. The van der Waals surface area contributed by atoms with Crippen LogP contribution in [-0.4, -0.2) is 31.8 Å². The molecule has 6 nitrogen and oxygen atoms in total. The molecule has 1 fully saturated rings. The monoisotopic (exact) mass is 844 g/mol. The molecule has 65 heavy (non-hydrogen) atoms. The molecule has 5 heterocycles. The van der Waals surface area contributed by atoms with Crippen LogP contribution in [0.3, 0.4) is 0 Å². The molecular weight excluding hydrogens is 797 g/mol. The Morgan fingerprint density at radius 1 is 0.785 bits per heavy atom. The molecule has 316 valence electrons. The third kappa shape index (κ3) is 5.97. The predicted molar refractivity (Wildman–Crippen MR) is 264 cm³/mol. The van der Waals surface area contributed by atoms with Crippen molar-refractivity contribution in [3.63, 3.8) is 0 Å². The summed E-state index contributed by atoms with van der Waals surface area (Å²) in [4.78, 5) is 11.3. The highest BCUT2D eigenvalue weighted by molar-refractivity contribution is 6.09. The topological polar surface area (TPSA) is 54.1 Å². The lowest BCUT2D eigenvalue weighted by Gasteiger charge is -2.34. The molecule has 5 aliphatic rings. The Morgan fingerprint density at radius 3 is 2.43 bits per heavy atom. The maximum Gasteiger partial charge on any atom is 0.235 e. The number of allylic oxidation sites excluding steroid dienone is 7. The quantitative estimate of drug-likeness (QED) is 0.150. The van der Waals surface area contributed by atoms with Gasteiger partial charge in [0.25, 0.3) is 0 Å². The number of ether oxygens (including phenoxy) is 2. The fourth-order valence-corrected chi connectivity index (χ4v) is 11.8. The molecule has 6 heteroatoms. The Bertz CT molecular complexity index is 3410. The first-order valence-corrected chi connectivity index (χ1v) is 23.2. The fourth-order valence-electron chi connectivity index (χ4n) is 11.8. The first-order valence-electron chi connectivity index (χ1n) is 23.2. The number of benzene rings is 5. The van der Waals surface area contributed by atoms with Gasteiger partial charge in [0, 0.05) is 56.3 Å². The van der Waals surface area contributed by atoms with Crippen molar-refractivity contribution in [3.05, 3.63) is 216 Å². The highest BCUT2D eigenvalue weighted by Crippen LogP contribution is 2.58. The molecule has 2 aliphatic heterocycles. The second-order valence-corrected chi connectivity index (χ2v) is 18.3. The molecule has 0 amide bonds. The smallest absolute Gasteiger partial charge is 0.235 e. The second kappa shape index (κ2) is 15.2. The summed E-state index contributed by atoms with van der Waals surface area (Å²) < 4.78 is 18.2. The molecule has 13 rings (SSSR count). The van der Waals surface area contributed by atoms with Crippen LogP contribution in [-0.2, 0) is 4.74 Å². The largest absolute Gasteiger partial charge is 0.488 e. The van der Waals surface area contributed by atoms with Gasteiger partial charge >= 0.3 is 0 Å². The average molecular weight is 845 g/mol. The molecule has 3 aromatic heterocycles. The predicted octanol–water partition coefficient (Wildman–Crippen LogP) is 13.8. The molecule has 8 aromatic rings. The van der Waals surface area contributed by atoms with Gasteiger partial charge in [-0.05, 0) is 96.5 Å². The van der Waals surface area contributed by atoms with Crippen molar-refractivity contribution in [2.45, 2.75) is 50.2 Å². The Kier molecular flexibility index (Phi) is 8.92. The van der Waals surface area contributed by atoms with E-state index in [1.807, 2.05) is 12.1 Å². The molecule has 0 radical (unpaired) electrons. The van der Waals surface area contributed by atoms with E-state index in [0.29, 0.717) is 19.0 Å². The summed E-state index contributed by atoms with van der Waals surface area (Å²) in [7, 11) is 0. The fraction of sp³-hybridized carbons (Fsp3) is 0.186. The number of rotatable bonds is 7. The van der Waals surface area contributed by atoms with Gasteiger partial charge in [0.1, 0.15) is 18.5 Å². The summed E-state index contributed by atoms with van der Waals surface area (Å²) in [5, 5.41) is 3.75. The normalized spacial score (nSPS) is 23.4.